The summed E-state index contributed by atoms with van der Waals surface area (Å²) >= 11 is 0. The molecule has 4 heteroatoms. The first kappa shape index (κ1) is 59.4. The van der Waals surface area contributed by atoms with Crippen molar-refractivity contribution in [2.24, 2.45) is 0 Å². The van der Waals surface area contributed by atoms with Gasteiger partial charge in [0.05, 0.1) is 18.8 Å². The summed E-state index contributed by atoms with van der Waals surface area (Å²) in [5, 5.41) is 23.1. The molecule has 0 saturated heterocycles. The number of aliphatic hydroxyl groups excluding tert-OH is 2. The zero-order valence-electron chi connectivity index (χ0n) is 41.2. The summed E-state index contributed by atoms with van der Waals surface area (Å²) in [5.74, 6) is -0.0743. The molecule has 61 heavy (non-hydrogen) atoms. The number of hydrogen-bond acceptors (Lipinski definition) is 3. The Balaban J connectivity index is 3.50. The highest BCUT2D eigenvalue weighted by atomic mass is 16.3. The minimum Gasteiger partial charge on any atom is -0.394 e. The van der Waals surface area contributed by atoms with E-state index in [9.17, 15) is 15.0 Å². The van der Waals surface area contributed by atoms with Gasteiger partial charge in [-0.1, -0.05) is 262 Å². The maximum absolute atomic E-state index is 12.4. The lowest BCUT2D eigenvalue weighted by Gasteiger charge is -2.19. The average Bonchev–Trinajstić information content (AvgIpc) is 3.26. The Kier molecular flexibility index (Phi) is 51.3. The van der Waals surface area contributed by atoms with E-state index in [-0.39, 0.29) is 12.5 Å². The number of aliphatic hydroxyl groups is 2. The molecule has 2 unspecified atom stereocenters. The minimum atomic E-state index is -0.870. The second-order valence-electron chi connectivity index (χ2n) is 18.6. The second-order valence-corrected chi connectivity index (χ2v) is 18.6. The van der Waals surface area contributed by atoms with Crippen LogP contribution in [0.25, 0.3) is 0 Å². The molecule has 0 aliphatic carbocycles. The van der Waals surface area contributed by atoms with Gasteiger partial charge in [-0.15, -0.1) is 0 Å². The Hall–Kier alpha value is -1.65. The molecule has 3 N–H and O–H groups in total. The van der Waals surface area contributed by atoms with Crippen molar-refractivity contribution in [3.63, 3.8) is 0 Å². The maximum atomic E-state index is 12.4. The van der Waals surface area contributed by atoms with Gasteiger partial charge in [0.1, 0.15) is 0 Å². The third kappa shape index (κ3) is 49.2. The largest absolute Gasteiger partial charge is 0.394 e. The van der Waals surface area contributed by atoms with Crippen molar-refractivity contribution in [1.29, 1.82) is 0 Å². The molecule has 358 valence electrons. The molecule has 2 atom stereocenters. The molecule has 0 aromatic rings. The molecular formula is C57H107NO3. The molecule has 4 nitrogen and oxygen atoms in total. The van der Waals surface area contributed by atoms with Gasteiger partial charge in [-0.2, -0.15) is 0 Å². The summed E-state index contributed by atoms with van der Waals surface area (Å²) in [5.41, 5.74) is 0. The summed E-state index contributed by atoms with van der Waals surface area (Å²) in [6.45, 7) is 4.31. The van der Waals surface area contributed by atoms with Crippen molar-refractivity contribution in [1.82, 2.24) is 5.32 Å². The number of hydrogen-bond donors (Lipinski definition) is 3. The van der Waals surface area contributed by atoms with Gasteiger partial charge in [0.15, 0.2) is 0 Å². The molecule has 1 amide bonds. The van der Waals surface area contributed by atoms with Gasteiger partial charge < -0.3 is 15.5 Å². The molecule has 0 bridgehead atoms. The molecule has 0 spiro atoms. The van der Waals surface area contributed by atoms with Crippen LogP contribution in [-0.4, -0.2) is 34.9 Å². The predicted molar refractivity (Wildman–Crippen MR) is 271 cm³/mol. The number of nitrogens with one attached hydrogen (secondary N) is 1. The van der Waals surface area contributed by atoms with E-state index in [0.29, 0.717) is 6.42 Å². The first-order valence-corrected chi connectivity index (χ1v) is 27.4. The summed E-state index contributed by atoms with van der Waals surface area (Å²) in [7, 11) is 0. The van der Waals surface area contributed by atoms with Crippen LogP contribution >= 0.6 is 0 Å². The lowest BCUT2D eigenvalue weighted by Crippen LogP contribution is -2.45. The first-order chi connectivity index (χ1) is 30.2. The van der Waals surface area contributed by atoms with Crippen molar-refractivity contribution >= 4 is 5.91 Å². The quantitative estimate of drug-likeness (QED) is 0.0422. The Morgan fingerprint density at radius 2 is 0.639 bits per heavy atom. The average molecular weight is 854 g/mol. The first-order valence-electron chi connectivity index (χ1n) is 27.4. The summed E-state index contributed by atoms with van der Waals surface area (Å²) < 4.78 is 0. The van der Waals surface area contributed by atoms with E-state index in [2.05, 4.69) is 55.6 Å². The number of allylic oxidation sites excluding steroid dienone is 7. The molecule has 0 rings (SSSR count). The second kappa shape index (κ2) is 52.7. The van der Waals surface area contributed by atoms with E-state index < -0.39 is 12.1 Å². The SMILES string of the molecule is CCCCCCCCCC/C=C\CCCCCCCCCCCCCCCCCCCCCC(=O)NC(CO)C(O)/C=C/CC/C=C/CC/C=C/CCCCCCCCCC. The fourth-order valence-electron chi connectivity index (χ4n) is 8.32. The lowest BCUT2D eigenvalue weighted by molar-refractivity contribution is -0.123. The van der Waals surface area contributed by atoms with Gasteiger partial charge in [-0.05, 0) is 70.6 Å². The topological polar surface area (TPSA) is 69.6 Å². The van der Waals surface area contributed by atoms with Crippen LogP contribution in [0.2, 0.25) is 0 Å². The fourth-order valence-corrected chi connectivity index (χ4v) is 8.32. The van der Waals surface area contributed by atoms with Crippen molar-refractivity contribution in [3.05, 3.63) is 48.6 Å². The van der Waals surface area contributed by atoms with Crippen LogP contribution in [0.4, 0.5) is 0 Å². The van der Waals surface area contributed by atoms with Crippen molar-refractivity contribution in [2.75, 3.05) is 6.61 Å². The maximum Gasteiger partial charge on any atom is 0.220 e. The molecular weight excluding hydrogens is 747 g/mol. The Morgan fingerprint density at radius 1 is 0.377 bits per heavy atom. The van der Waals surface area contributed by atoms with E-state index >= 15 is 0 Å². The third-order valence-corrected chi connectivity index (χ3v) is 12.5. The van der Waals surface area contributed by atoms with Gasteiger partial charge >= 0.3 is 0 Å². The predicted octanol–water partition coefficient (Wildman–Crippen LogP) is 17.9. The molecule has 0 radical (unpaired) electrons. The van der Waals surface area contributed by atoms with Crippen LogP contribution in [0.3, 0.4) is 0 Å². The van der Waals surface area contributed by atoms with Crippen LogP contribution < -0.4 is 5.32 Å². The highest BCUT2D eigenvalue weighted by Gasteiger charge is 2.18. The van der Waals surface area contributed by atoms with Gasteiger partial charge in [0.2, 0.25) is 5.91 Å². The zero-order chi connectivity index (χ0) is 44.2. The summed E-state index contributed by atoms with van der Waals surface area (Å²) in [6, 6.07) is -0.645. The van der Waals surface area contributed by atoms with E-state index in [1.807, 2.05) is 6.08 Å². The molecule has 0 fully saturated rings. The van der Waals surface area contributed by atoms with Crippen LogP contribution in [0.5, 0.6) is 0 Å². The van der Waals surface area contributed by atoms with E-state index in [1.165, 1.54) is 231 Å². The minimum absolute atomic E-state index is 0.0743. The normalized spacial score (nSPS) is 13.2. The van der Waals surface area contributed by atoms with Crippen LogP contribution in [0.1, 0.15) is 290 Å². The van der Waals surface area contributed by atoms with Crippen LogP contribution in [-0.2, 0) is 4.79 Å². The summed E-state index contributed by atoms with van der Waals surface area (Å²) in [6.07, 6.45) is 72.7. The van der Waals surface area contributed by atoms with Gasteiger partial charge in [0, 0.05) is 6.42 Å². The van der Waals surface area contributed by atoms with E-state index in [1.54, 1.807) is 6.08 Å². The van der Waals surface area contributed by atoms with Gasteiger partial charge in [0.25, 0.3) is 0 Å². The van der Waals surface area contributed by atoms with Crippen molar-refractivity contribution in [2.45, 2.75) is 302 Å². The number of carbonyl (C=O) groups is 1. The van der Waals surface area contributed by atoms with Crippen molar-refractivity contribution in [3.8, 4) is 0 Å². The Bertz CT molecular complexity index is 970. The molecule has 0 aliphatic heterocycles. The molecule has 0 aromatic heterocycles. The molecule has 0 heterocycles. The monoisotopic (exact) mass is 854 g/mol. The number of amides is 1. The van der Waals surface area contributed by atoms with E-state index in [4.69, 9.17) is 0 Å². The molecule has 0 aromatic carbocycles. The Morgan fingerprint density at radius 3 is 0.951 bits per heavy atom. The molecule has 0 aliphatic rings. The number of unbranched alkanes of at least 4 members (excludes halogenated alkanes) is 37. The number of carbonyl (C=O) groups excluding carboxylic acids is 1. The highest BCUT2D eigenvalue weighted by molar-refractivity contribution is 5.76. The Labute approximate surface area is 382 Å². The standard InChI is InChI=1S/C57H107NO3/c1-3-5-7-9-11-13-15-17-19-21-23-24-25-26-27-28-29-30-31-32-33-34-35-37-39-41-43-45-47-49-51-53-57(61)58-55(54-59)56(60)52-50-48-46-44-42-40-38-36-22-20-18-16-14-12-10-8-6-4-2/h21-23,36,42,44,50,52,55-56,59-60H,3-20,24-35,37-41,43,45-49,51,53-54H2,1-2H3,(H,58,61)/b23-21-,36-22+,44-42+,52-50+. The third-order valence-electron chi connectivity index (χ3n) is 12.5. The smallest absolute Gasteiger partial charge is 0.220 e. The van der Waals surface area contributed by atoms with Gasteiger partial charge in [-0.25, -0.2) is 0 Å². The zero-order valence-corrected chi connectivity index (χ0v) is 41.2. The fraction of sp³-hybridized carbons (Fsp3) is 0.842. The molecule has 0 saturated carbocycles. The van der Waals surface area contributed by atoms with Crippen LogP contribution in [0.15, 0.2) is 48.6 Å². The summed E-state index contributed by atoms with van der Waals surface area (Å²) in [4.78, 5) is 12.4. The van der Waals surface area contributed by atoms with Gasteiger partial charge in [-0.3, -0.25) is 4.79 Å². The van der Waals surface area contributed by atoms with Crippen LogP contribution in [0, 0.1) is 0 Å². The lowest BCUT2D eigenvalue weighted by atomic mass is 10.0. The van der Waals surface area contributed by atoms with Crippen molar-refractivity contribution < 1.29 is 15.0 Å². The number of rotatable bonds is 50. The highest BCUT2D eigenvalue weighted by Crippen LogP contribution is 2.16. The van der Waals surface area contributed by atoms with E-state index in [0.717, 1.165) is 38.5 Å².